The van der Waals surface area contributed by atoms with Crippen LogP contribution in [0.25, 0.3) is 0 Å². The van der Waals surface area contributed by atoms with E-state index < -0.39 is 6.10 Å². The minimum atomic E-state index is -0.562. The Morgan fingerprint density at radius 2 is 1.83 bits per heavy atom. The molecular weight excluding hydrogens is 232 g/mol. The monoisotopic (exact) mass is 250 g/mol. The number of carbonyl (C=O) groups is 2. The Kier molecular flexibility index (Phi) is 5.32. The van der Waals surface area contributed by atoms with E-state index in [1.807, 2.05) is 0 Å². The fourth-order valence-corrected chi connectivity index (χ4v) is 1.34. The van der Waals surface area contributed by atoms with Gasteiger partial charge in [0.1, 0.15) is 0 Å². The summed E-state index contributed by atoms with van der Waals surface area (Å²) in [6, 6.07) is 6.95. The number of nitrogens with one attached hydrogen (secondary N) is 2. The Morgan fingerprint density at radius 3 is 2.33 bits per heavy atom. The van der Waals surface area contributed by atoms with E-state index in [-0.39, 0.29) is 18.4 Å². The van der Waals surface area contributed by atoms with Gasteiger partial charge in [-0.3, -0.25) is 9.59 Å². The highest BCUT2D eigenvalue weighted by Crippen LogP contribution is 2.04. The van der Waals surface area contributed by atoms with Gasteiger partial charge in [0.15, 0.2) is 0 Å². The number of rotatable bonds is 5. The Bertz CT molecular complexity index is 413. The summed E-state index contributed by atoms with van der Waals surface area (Å²) in [5.41, 5.74) is 1.46. The van der Waals surface area contributed by atoms with E-state index in [1.54, 1.807) is 31.2 Å². The van der Waals surface area contributed by atoms with Crippen LogP contribution in [0, 0.1) is 0 Å². The maximum Gasteiger partial charge on any atom is 0.251 e. The summed E-state index contributed by atoms with van der Waals surface area (Å²) in [7, 11) is 0. The molecule has 0 aliphatic rings. The van der Waals surface area contributed by atoms with Gasteiger partial charge in [-0.1, -0.05) is 12.1 Å². The first-order valence-corrected chi connectivity index (χ1v) is 5.78. The molecular formula is C13H18N2O3. The average Bonchev–Trinajstić information content (AvgIpc) is 2.34. The minimum absolute atomic E-state index is 0.0891. The largest absolute Gasteiger partial charge is 0.392 e. The number of carbonyl (C=O) groups excluding carboxylic acids is 2. The number of aliphatic hydroxyl groups is 1. The van der Waals surface area contributed by atoms with Gasteiger partial charge in [-0.05, 0) is 24.6 Å². The van der Waals surface area contributed by atoms with E-state index in [0.29, 0.717) is 12.1 Å². The highest BCUT2D eigenvalue weighted by atomic mass is 16.3. The molecule has 0 saturated heterocycles. The van der Waals surface area contributed by atoms with Crippen molar-refractivity contribution < 1.29 is 14.7 Å². The van der Waals surface area contributed by atoms with Gasteiger partial charge >= 0.3 is 0 Å². The summed E-state index contributed by atoms with van der Waals surface area (Å²) in [4.78, 5) is 22.4. The van der Waals surface area contributed by atoms with E-state index >= 15 is 0 Å². The van der Waals surface area contributed by atoms with E-state index in [4.69, 9.17) is 5.11 Å². The van der Waals surface area contributed by atoms with Crippen molar-refractivity contribution in [1.29, 1.82) is 0 Å². The molecule has 0 unspecified atom stereocenters. The predicted octanol–water partition coefficient (Wildman–Crippen LogP) is 0.433. The standard InChI is InChI=1S/C13H18N2O3/c1-9(16)7-15-13(18)12-5-3-11(4-6-12)8-14-10(2)17/h3-6,9,16H,7-8H2,1-2H3,(H,14,17)(H,15,18)/t9-/m0/s1. The zero-order chi connectivity index (χ0) is 13.5. The van der Waals surface area contributed by atoms with Crippen LogP contribution in [-0.4, -0.2) is 29.6 Å². The third-order valence-corrected chi connectivity index (χ3v) is 2.32. The van der Waals surface area contributed by atoms with Gasteiger partial charge in [0, 0.05) is 25.6 Å². The minimum Gasteiger partial charge on any atom is -0.392 e. The molecule has 3 N–H and O–H groups in total. The molecule has 0 saturated carbocycles. The molecule has 1 aromatic carbocycles. The third-order valence-electron chi connectivity index (χ3n) is 2.32. The number of hydrogen-bond donors (Lipinski definition) is 3. The van der Waals surface area contributed by atoms with Crippen LogP contribution in [0.1, 0.15) is 29.8 Å². The van der Waals surface area contributed by atoms with Crippen molar-refractivity contribution in [3.63, 3.8) is 0 Å². The lowest BCUT2D eigenvalue weighted by Crippen LogP contribution is -2.30. The highest BCUT2D eigenvalue weighted by Gasteiger charge is 2.06. The van der Waals surface area contributed by atoms with E-state index in [9.17, 15) is 9.59 Å². The lowest BCUT2D eigenvalue weighted by molar-refractivity contribution is -0.119. The highest BCUT2D eigenvalue weighted by molar-refractivity contribution is 5.94. The summed E-state index contributed by atoms with van der Waals surface area (Å²) in [5.74, 6) is -0.310. The zero-order valence-corrected chi connectivity index (χ0v) is 10.6. The second kappa shape index (κ2) is 6.76. The van der Waals surface area contributed by atoms with Crippen molar-refractivity contribution in [3.8, 4) is 0 Å². The third kappa shape index (κ3) is 4.97. The van der Waals surface area contributed by atoms with Crippen molar-refractivity contribution in [3.05, 3.63) is 35.4 Å². The lowest BCUT2D eigenvalue weighted by atomic mass is 10.1. The van der Waals surface area contributed by atoms with E-state index in [1.165, 1.54) is 6.92 Å². The molecule has 0 fully saturated rings. The van der Waals surface area contributed by atoms with Crippen LogP contribution in [-0.2, 0) is 11.3 Å². The fourth-order valence-electron chi connectivity index (χ4n) is 1.34. The van der Waals surface area contributed by atoms with Gasteiger partial charge < -0.3 is 15.7 Å². The first-order chi connectivity index (χ1) is 8.49. The Hall–Kier alpha value is -1.88. The number of benzene rings is 1. The first kappa shape index (κ1) is 14.2. The van der Waals surface area contributed by atoms with Gasteiger partial charge in [-0.15, -0.1) is 0 Å². The molecule has 0 heterocycles. The predicted molar refractivity (Wildman–Crippen MR) is 68.0 cm³/mol. The normalized spacial score (nSPS) is 11.7. The van der Waals surface area contributed by atoms with Crippen molar-refractivity contribution in [2.45, 2.75) is 26.5 Å². The van der Waals surface area contributed by atoms with Gasteiger partial charge in [-0.2, -0.15) is 0 Å². The summed E-state index contributed by atoms with van der Waals surface area (Å²) in [6.07, 6.45) is -0.562. The summed E-state index contributed by atoms with van der Waals surface area (Å²) in [5, 5.41) is 14.3. The number of amides is 2. The Morgan fingerprint density at radius 1 is 1.22 bits per heavy atom. The Labute approximate surface area is 106 Å². The van der Waals surface area contributed by atoms with Crippen LogP contribution in [0.2, 0.25) is 0 Å². The molecule has 0 spiro atoms. The molecule has 1 aromatic rings. The molecule has 1 rings (SSSR count). The van der Waals surface area contributed by atoms with Crippen molar-refractivity contribution in [2.24, 2.45) is 0 Å². The van der Waals surface area contributed by atoms with Gasteiger partial charge in [-0.25, -0.2) is 0 Å². The molecule has 0 bridgehead atoms. The molecule has 1 atom stereocenters. The van der Waals surface area contributed by atoms with Gasteiger partial charge in [0.25, 0.3) is 5.91 Å². The topological polar surface area (TPSA) is 78.4 Å². The number of aliphatic hydroxyl groups excluding tert-OH is 1. The molecule has 2 amide bonds. The van der Waals surface area contributed by atoms with E-state index in [2.05, 4.69) is 10.6 Å². The van der Waals surface area contributed by atoms with Gasteiger partial charge in [0.2, 0.25) is 5.91 Å². The SMILES string of the molecule is CC(=O)NCc1ccc(C(=O)NC[C@H](C)O)cc1. The van der Waals surface area contributed by atoms with Crippen molar-refractivity contribution in [1.82, 2.24) is 10.6 Å². The smallest absolute Gasteiger partial charge is 0.251 e. The van der Waals surface area contributed by atoms with Crippen LogP contribution in [0.3, 0.4) is 0 Å². The molecule has 0 aliphatic carbocycles. The lowest BCUT2D eigenvalue weighted by Gasteiger charge is -2.08. The van der Waals surface area contributed by atoms with Crippen LogP contribution in [0.5, 0.6) is 0 Å². The quantitative estimate of drug-likeness (QED) is 0.709. The van der Waals surface area contributed by atoms with Crippen LogP contribution in [0.4, 0.5) is 0 Å². The Balaban J connectivity index is 2.53. The molecule has 5 nitrogen and oxygen atoms in total. The van der Waals surface area contributed by atoms with Crippen LogP contribution < -0.4 is 10.6 Å². The fraction of sp³-hybridized carbons (Fsp3) is 0.385. The summed E-state index contributed by atoms with van der Waals surface area (Å²) in [6.45, 7) is 3.74. The average molecular weight is 250 g/mol. The van der Waals surface area contributed by atoms with Crippen molar-refractivity contribution >= 4 is 11.8 Å². The van der Waals surface area contributed by atoms with Gasteiger partial charge in [0.05, 0.1) is 6.10 Å². The molecule has 0 aromatic heterocycles. The molecule has 98 valence electrons. The van der Waals surface area contributed by atoms with Crippen molar-refractivity contribution in [2.75, 3.05) is 6.54 Å². The summed E-state index contributed by atoms with van der Waals surface area (Å²) < 4.78 is 0. The molecule has 5 heteroatoms. The number of hydrogen-bond acceptors (Lipinski definition) is 3. The first-order valence-electron chi connectivity index (χ1n) is 5.78. The van der Waals surface area contributed by atoms with E-state index in [0.717, 1.165) is 5.56 Å². The second-order valence-electron chi connectivity index (χ2n) is 4.17. The van der Waals surface area contributed by atoms with Crippen LogP contribution >= 0.6 is 0 Å². The maximum atomic E-state index is 11.6. The van der Waals surface area contributed by atoms with Crippen LogP contribution in [0.15, 0.2) is 24.3 Å². The molecule has 0 aliphatic heterocycles. The summed E-state index contributed by atoms with van der Waals surface area (Å²) >= 11 is 0. The molecule has 0 radical (unpaired) electrons. The zero-order valence-electron chi connectivity index (χ0n) is 10.6. The second-order valence-corrected chi connectivity index (χ2v) is 4.17. The maximum absolute atomic E-state index is 11.6. The molecule has 18 heavy (non-hydrogen) atoms.